The normalized spacial score (nSPS) is 22.7. The van der Waals surface area contributed by atoms with Crippen molar-refractivity contribution in [2.24, 2.45) is 5.92 Å². The molecule has 21 heavy (non-hydrogen) atoms. The lowest BCUT2D eigenvalue weighted by Gasteiger charge is -2.36. The minimum Gasteiger partial charge on any atom is -0.379 e. The summed E-state index contributed by atoms with van der Waals surface area (Å²) in [5.41, 5.74) is 1.46. The molecule has 1 aromatic heterocycles. The summed E-state index contributed by atoms with van der Waals surface area (Å²) >= 11 is 6.05. The van der Waals surface area contributed by atoms with E-state index >= 15 is 0 Å². The van der Waals surface area contributed by atoms with Crippen molar-refractivity contribution >= 4 is 17.5 Å². The van der Waals surface area contributed by atoms with Gasteiger partial charge in [0.05, 0.1) is 6.10 Å². The highest BCUT2D eigenvalue weighted by Crippen LogP contribution is 2.23. The van der Waals surface area contributed by atoms with Gasteiger partial charge in [0.25, 0.3) is 5.91 Å². The average molecular weight is 311 g/mol. The van der Waals surface area contributed by atoms with Crippen molar-refractivity contribution in [3.63, 3.8) is 0 Å². The Labute approximate surface area is 131 Å². The molecule has 0 spiro atoms. The molecular formula is C16H23ClN2O2. The van der Waals surface area contributed by atoms with Gasteiger partial charge in [-0.1, -0.05) is 32.4 Å². The fraction of sp³-hybridized carbons (Fsp3) is 0.625. The monoisotopic (exact) mass is 310 g/mol. The third-order valence-corrected chi connectivity index (χ3v) is 4.33. The number of carbonyl (C=O) groups is 1. The Hall–Kier alpha value is -1.13. The maximum Gasteiger partial charge on any atom is 0.254 e. The Balaban J connectivity index is 2.20. The lowest BCUT2D eigenvalue weighted by molar-refractivity contribution is -0.00157. The molecule has 116 valence electrons. The van der Waals surface area contributed by atoms with Crippen LogP contribution in [0.15, 0.2) is 12.1 Å². The van der Waals surface area contributed by atoms with E-state index in [0.29, 0.717) is 23.2 Å². The molecule has 1 amide bonds. The van der Waals surface area contributed by atoms with Crippen molar-refractivity contribution in [2.75, 3.05) is 20.2 Å². The number of pyridine rings is 1. The second-order valence-corrected chi connectivity index (χ2v) is 6.44. The summed E-state index contributed by atoms with van der Waals surface area (Å²) < 4.78 is 5.47. The quantitative estimate of drug-likeness (QED) is 0.804. The van der Waals surface area contributed by atoms with Crippen LogP contribution in [0, 0.1) is 5.92 Å². The van der Waals surface area contributed by atoms with E-state index in [-0.39, 0.29) is 17.9 Å². The van der Waals surface area contributed by atoms with Gasteiger partial charge in [0.2, 0.25) is 0 Å². The number of piperidine rings is 1. The molecule has 0 bridgehead atoms. The maximum absolute atomic E-state index is 12.7. The number of nitrogens with zero attached hydrogens (tertiary/aromatic N) is 2. The minimum atomic E-state index is 0.00940. The molecule has 0 aromatic carbocycles. The number of amides is 1. The lowest BCUT2D eigenvalue weighted by Crippen LogP contribution is -2.46. The molecule has 2 atom stereocenters. The molecular weight excluding hydrogens is 288 g/mol. The third kappa shape index (κ3) is 3.74. The number of carbonyl (C=O) groups excluding carboxylic acids is 1. The minimum absolute atomic E-state index is 0.00940. The van der Waals surface area contributed by atoms with Crippen LogP contribution in [0.1, 0.15) is 49.2 Å². The Morgan fingerprint density at radius 3 is 2.81 bits per heavy atom. The first kappa shape index (κ1) is 16.2. The van der Waals surface area contributed by atoms with Crippen LogP contribution in [0.2, 0.25) is 5.15 Å². The van der Waals surface area contributed by atoms with Crippen molar-refractivity contribution in [3.05, 3.63) is 28.5 Å². The molecule has 1 aliphatic rings. The maximum atomic E-state index is 12.7. The van der Waals surface area contributed by atoms with Gasteiger partial charge in [-0.25, -0.2) is 4.98 Å². The second kappa shape index (κ2) is 6.75. The largest absolute Gasteiger partial charge is 0.379 e. The molecule has 1 saturated heterocycles. The first-order valence-corrected chi connectivity index (χ1v) is 7.79. The van der Waals surface area contributed by atoms with Gasteiger partial charge < -0.3 is 9.64 Å². The van der Waals surface area contributed by atoms with Gasteiger partial charge in [0.15, 0.2) is 0 Å². The molecule has 5 heteroatoms. The van der Waals surface area contributed by atoms with Crippen LogP contribution in [0.5, 0.6) is 0 Å². The number of hydrogen-bond donors (Lipinski definition) is 0. The van der Waals surface area contributed by atoms with Crippen LogP contribution in [0.3, 0.4) is 0 Å². The van der Waals surface area contributed by atoms with Crippen molar-refractivity contribution in [2.45, 2.75) is 39.2 Å². The number of methoxy groups -OCH3 is 1. The Morgan fingerprint density at radius 2 is 2.19 bits per heavy atom. The number of hydrogen-bond acceptors (Lipinski definition) is 3. The van der Waals surface area contributed by atoms with Crippen molar-refractivity contribution < 1.29 is 9.53 Å². The van der Waals surface area contributed by atoms with Gasteiger partial charge >= 0.3 is 0 Å². The fourth-order valence-corrected chi connectivity index (χ4v) is 2.86. The molecule has 1 aromatic rings. The van der Waals surface area contributed by atoms with Crippen molar-refractivity contribution in [1.29, 1.82) is 0 Å². The molecule has 4 nitrogen and oxygen atoms in total. The van der Waals surface area contributed by atoms with Gasteiger partial charge in [-0.15, -0.1) is 0 Å². The first-order chi connectivity index (χ1) is 9.92. The SMILES string of the molecule is COC1CN(C(=O)c2cc(Cl)nc(C(C)C)c2)CCC1C. The summed E-state index contributed by atoms with van der Waals surface area (Å²) in [6.07, 6.45) is 1.06. The van der Waals surface area contributed by atoms with Crippen LogP contribution in [-0.2, 0) is 4.74 Å². The summed E-state index contributed by atoms with van der Waals surface area (Å²) in [5.74, 6) is 0.727. The Bertz CT molecular complexity index is 519. The molecule has 0 saturated carbocycles. The van der Waals surface area contributed by atoms with Crippen LogP contribution in [0.4, 0.5) is 0 Å². The topological polar surface area (TPSA) is 42.4 Å². The van der Waals surface area contributed by atoms with Gasteiger partial charge in [-0.3, -0.25) is 4.79 Å². The number of ether oxygens (including phenoxy) is 1. The van der Waals surface area contributed by atoms with Gasteiger partial charge in [-0.2, -0.15) is 0 Å². The molecule has 2 rings (SSSR count). The van der Waals surface area contributed by atoms with Crippen LogP contribution in [-0.4, -0.2) is 42.1 Å². The molecule has 0 N–H and O–H groups in total. The number of likely N-dealkylation sites (tertiary alicyclic amines) is 1. The van der Waals surface area contributed by atoms with Gasteiger partial charge in [0, 0.05) is 31.5 Å². The summed E-state index contributed by atoms with van der Waals surface area (Å²) in [5, 5.41) is 0.373. The number of halogens is 1. The first-order valence-electron chi connectivity index (χ1n) is 7.42. The van der Waals surface area contributed by atoms with Crippen molar-refractivity contribution in [1.82, 2.24) is 9.88 Å². The highest BCUT2D eigenvalue weighted by molar-refractivity contribution is 6.29. The summed E-state index contributed by atoms with van der Waals surface area (Å²) in [7, 11) is 1.70. The molecule has 2 unspecified atom stereocenters. The van der Waals surface area contributed by atoms with Crippen LogP contribution >= 0.6 is 11.6 Å². The van der Waals surface area contributed by atoms with Crippen LogP contribution < -0.4 is 0 Å². The third-order valence-electron chi connectivity index (χ3n) is 4.13. The zero-order chi connectivity index (χ0) is 15.6. The Morgan fingerprint density at radius 1 is 1.48 bits per heavy atom. The van der Waals surface area contributed by atoms with E-state index in [1.54, 1.807) is 13.2 Å². The summed E-state index contributed by atoms with van der Waals surface area (Å²) in [4.78, 5) is 18.8. The number of aromatic nitrogens is 1. The predicted octanol–water partition coefficient (Wildman–Crippen LogP) is 3.36. The molecule has 1 aliphatic heterocycles. The van der Waals surface area contributed by atoms with Crippen LogP contribution in [0.25, 0.3) is 0 Å². The van der Waals surface area contributed by atoms with E-state index in [9.17, 15) is 4.79 Å². The van der Waals surface area contributed by atoms with E-state index in [1.807, 2.05) is 24.8 Å². The average Bonchev–Trinajstić information content (AvgIpc) is 2.46. The summed E-state index contributed by atoms with van der Waals surface area (Å²) in [6, 6.07) is 3.49. The molecule has 0 aliphatic carbocycles. The molecule has 2 heterocycles. The standard InChI is InChI=1S/C16H23ClN2O2/c1-10(2)13-7-12(8-15(17)18-13)16(20)19-6-5-11(3)14(9-19)21-4/h7-8,10-11,14H,5-6,9H2,1-4H3. The zero-order valence-electron chi connectivity index (χ0n) is 13.1. The smallest absolute Gasteiger partial charge is 0.254 e. The number of rotatable bonds is 3. The zero-order valence-corrected chi connectivity index (χ0v) is 13.9. The van der Waals surface area contributed by atoms with E-state index in [1.165, 1.54) is 0 Å². The predicted molar refractivity (Wildman–Crippen MR) is 83.8 cm³/mol. The second-order valence-electron chi connectivity index (χ2n) is 6.05. The van der Waals surface area contributed by atoms with Gasteiger partial charge in [-0.05, 0) is 30.4 Å². The summed E-state index contributed by atoms with van der Waals surface area (Å²) in [6.45, 7) is 7.63. The highest BCUT2D eigenvalue weighted by atomic mass is 35.5. The highest BCUT2D eigenvalue weighted by Gasteiger charge is 2.29. The van der Waals surface area contributed by atoms with Gasteiger partial charge in [0.1, 0.15) is 5.15 Å². The molecule has 1 fully saturated rings. The van der Waals surface area contributed by atoms with E-state index in [4.69, 9.17) is 16.3 Å². The van der Waals surface area contributed by atoms with E-state index in [2.05, 4.69) is 11.9 Å². The Kier molecular flexibility index (Phi) is 5.22. The van der Waals surface area contributed by atoms with E-state index in [0.717, 1.165) is 18.7 Å². The van der Waals surface area contributed by atoms with E-state index < -0.39 is 0 Å². The fourth-order valence-electron chi connectivity index (χ4n) is 2.64. The lowest BCUT2D eigenvalue weighted by atomic mass is 9.95. The molecule has 0 radical (unpaired) electrons. The van der Waals surface area contributed by atoms with Crippen molar-refractivity contribution in [3.8, 4) is 0 Å².